The smallest absolute Gasteiger partial charge is 0.334 e. The summed E-state index contributed by atoms with van der Waals surface area (Å²) in [6.45, 7) is 10.3. The van der Waals surface area contributed by atoms with E-state index < -0.39 is 12.1 Å². The van der Waals surface area contributed by atoms with Crippen LogP contribution in [0, 0.1) is 6.92 Å². The number of rotatable bonds is 8. The van der Waals surface area contributed by atoms with Gasteiger partial charge in [-0.2, -0.15) is 0 Å². The van der Waals surface area contributed by atoms with E-state index >= 15 is 0 Å². The highest BCUT2D eigenvalue weighted by Gasteiger charge is 2.20. The molecule has 136 valence electrons. The number of phenols is 1. The van der Waals surface area contributed by atoms with Crippen molar-refractivity contribution in [2.75, 3.05) is 6.61 Å². The number of ether oxygens (including phenoxy) is 1. The summed E-state index contributed by atoms with van der Waals surface area (Å²) >= 11 is 0. The van der Waals surface area contributed by atoms with Crippen molar-refractivity contribution < 1.29 is 19.7 Å². The lowest BCUT2D eigenvalue weighted by atomic mass is 9.83. The minimum Gasteiger partial charge on any atom is -0.507 e. The molecule has 24 heavy (non-hydrogen) atoms. The van der Waals surface area contributed by atoms with Crippen LogP contribution in [0.5, 0.6) is 5.75 Å². The van der Waals surface area contributed by atoms with Gasteiger partial charge in [-0.25, -0.2) is 4.79 Å². The van der Waals surface area contributed by atoms with E-state index in [4.69, 9.17) is 4.74 Å². The number of aliphatic hydroxyl groups excluding tert-OH is 1. The normalized spacial score (nSPS) is 12.9. The molecule has 1 rings (SSSR count). The molecular weight excluding hydrogens is 304 g/mol. The Morgan fingerprint density at radius 1 is 1.21 bits per heavy atom. The lowest BCUT2D eigenvalue weighted by Crippen LogP contribution is -2.22. The van der Waals surface area contributed by atoms with Crippen LogP contribution in [0.1, 0.15) is 70.1 Å². The fourth-order valence-electron chi connectivity index (χ4n) is 2.77. The monoisotopic (exact) mass is 336 g/mol. The van der Waals surface area contributed by atoms with Gasteiger partial charge in [-0.05, 0) is 55.2 Å². The third-order valence-electron chi connectivity index (χ3n) is 4.17. The van der Waals surface area contributed by atoms with E-state index in [0.29, 0.717) is 18.8 Å². The summed E-state index contributed by atoms with van der Waals surface area (Å²) in [5.74, 6) is -0.134. The quantitative estimate of drug-likeness (QED) is 0.556. The highest BCUT2D eigenvalue weighted by atomic mass is 16.5. The summed E-state index contributed by atoms with van der Waals surface area (Å²) in [6.07, 6.45) is 3.10. The van der Waals surface area contributed by atoms with Crippen LogP contribution < -0.4 is 0 Å². The molecule has 0 radical (unpaired) electrons. The van der Waals surface area contributed by atoms with Crippen LogP contribution in [0.4, 0.5) is 0 Å². The first-order chi connectivity index (χ1) is 11.2. The summed E-state index contributed by atoms with van der Waals surface area (Å²) in [5, 5.41) is 19.9. The van der Waals surface area contributed by atoms with Gasteiger partial charge < -0.3 is 14.9 Å². The Morgan fingerprint density at radius 2 is 1.88 bits per heavy atom. The van der Waals surface area contributed by atoms with E-state index in [1.807, 2.05) is 13.0 Å². The molecule has 0 aliphatic carbocycles. The lowest BCUT2D eigenvalue weighted by molar-refractivity contribution is -0.153. The average Bonchev–Trinajstić information content (AvgIpc) is 2.49. The van der Waals surface area contributed by atoms with Crippen molar-refractivity contribution in [3.8, 4) is 5.75 Å². The van der Waals surface area contributed by atoms with E-state index in [9.17, 15) is 15.0 Å². The number of carbonyl (C=O) groups is 1. The van der Waals surface area contributed by atoms with E-state index in [-0.39, 0.29) is 5.41 Å². The van der Waals surface area contributed by atoms with Gasteiger partial charge in [0, 0.05) is 0 Å². The predicted octanol–water partition coefficient (Wildman–Crippen LogP) is 4.03. The maximum absolute atomic E-state index is 11.3. The third kappa shape index (κ3) is 6.16. The fraction of sp³-hybridized carbons (Fsp3) is 0.650. The maximum Gasteiger partial charge on any atom is 0.334 e. The number of esters is 1. The van der Waals surface area contributed by atoms with Gasteiger partial charge in [0.1, 0.15) is 5.75 Å². The molecule has 0 saturated carbocycles. The summed E-state index contributed by atoms with van der Waals surface area (Å²) in [6, 6.07) is 4.13. The first kappa shape index (κ1) is 20.5. The van der Waals surface area contributed by atoms with Crippen molar-refractivity contribution in [3.05, 3.63) is 28.8 Å². The fourth-order valence-corrected chi connectivity index (χ4v) is 2.77. The zero-order valence-electron chi connectivity index (χ0n) is 15.7. The molecule has 1 aromatic carbocycles. The summed E-state index contributed by atoms with van der Waals surface area (Å²) < 4.78 is 4.79. The summed E-state index contributed by atoms with van der Waals surface area (Å²) in [7, 11) is 0. The van der Waals surface area contributed by atoms with Crippen LogP contribution in [-0.4, -0.2) is 28.9 Å². The molecular formula is C20H32O4. The molecule has 0 fully saturated rings. The van der Waals surface area contributed by atoms with Crippen LogP contribution in [0.15, 0.2) is 12.1 Å². The van der Waals surface area contributed by atoms with Gasteiger partial charge in [0.05, 0.1) is 6.61 Å². The van der Waals surface area contributed by atoms with Crippen molar-refractivity contribution in [1.29, 1.82) is 0 Å². The second-order valence-corrected chi connectivity index (χ2v) is 7.43. The number of benzene rings is 1. The second kappa shape index (κ2) is 9.07. The van der Waals surface area contributed by atoms with E-state index in [2.05, 4.69) is 26.8 Å². The van der Waals surface area contributed by atoms with Crippen molar-refractivity contribution >= 4 is 5.97 Å². The van der Waals surface area contributed by atoms with Crippen LogP contribution in [0.3, 0.4) is 0 Å². The Morgan fingerprint density at radius 3 is 2.46 bits per heavy atom. The number of carbonyl (C=O) groups excluding carboxylic acids is 1. The zero-order chi connectivity index (χ0) is 18.3. The van der Waals surface area contributed by atoms with E-state index in [0.717, 1.165) is 36.8 Å². The van der Waals surface area contributed by atoms with Crippen molar-refractivity contribution in [1.82, 2.24) is 0 Å². The van der Waals surface area contributed by atoms with Crippen LogP contribution in [0.2, 0.25) is 0 Å². The number of unbranched alkanes of at least 4 members (excludes halogenated alkanes) is 2. The Balaban J connectivity index is 2.49. The van der Waals surface area contributed by atoms with E-state index in [1.165, 1.54) is 5.56 Å². The largest absolute Gasteiger partial charge is 0.507 e. The molecule has 0 amide bonds. The Kier molecular flexibility index (Phi) is 7.74. The third-order valence-corrected chi connectivity index (χ3v) is 4.17. The number of aromatic hydroxyl groups is 1. The number of hydrogen-bond acceptors (Lipinski definition) is 4. The molecule has 0 saturated heterocycles. The first-order valence-electron chi connectivity index (χ1n) is 8.84. The number of aliphatic hydroxyl groups is 1. The molecule has 0 aliphatic rings. The van der Waals surface area contributed by atoms with Crippen molar-refractivity contribution in [2.45, 2.75) is 78.2 Å². The standard InChI is InChI=1S/C20H32O4/c1-6-24-19(23)17(21)11-9-7-8-10-15-12-14(2)18(22)16(13-15)20(3,4)5/h12-13,17,21-22H,6-11H2,1-5H3. The molecule has 1 aromatic rings. The molecule has 4 heteroatoms. The number of phenolic OH excluding ortho intramolecular Hbond substituents is 1. The zero-order valence-corrected chi connectivity index (χ0v) is 15.7. The summed E-state index contributed by atoms with van der Waals surface area (Å²) in [4.78, 5) is 11.3. The Bertz CT molecular complexity index is 543. The molecule has 2 N–H and O–H groups in total. The van der Waals surface area contributed by atoms with Crippen molar-refractivity contribution in [3.63, 3.8) is 0 Å². The molecule has 4 nitrogen and oxygen atoms in total. The molecule has 0 bridgehead atoms. The number of aryl methyl sites for hydroxylation is 2. The van der Waals surface area contributed by atoms with Crippen LogP contribution in [-0.2, 0) is 21.4 Å². The van der Waals surface area contributed by atoms with Gasteiger partial charge >= 0.3 is 5.97 Å². The Labute approximate surface area is 145 Å². The van der Waals surface area contributed by atoms with Gasteiger partial charge in [0.2, 0.25) is 0 Å². The molecule has 1 atom stereocenters. The molecule has 0 spiro atoms. The predicted molar refractivity (Wildman–Crippen MR) is 96.4 cm³/mol. The van der Waals surface area contributed by atoms with Gasteiger partial charge in [-0.15, -0.1) is 0 Å². The van der Waals surface area contributed by atoms with Gasteiger partial charge in [-0.1, -0.05) is 45.7 Å². The van der Waals surface area contributed by atoms with Crippen LogP contribution in [0.25, 0.3) is 0 Å². The highest BCUT2D eigenvalue weighted by molar-refractivity contribution is 5.74. The second-order valence-electron chi connectivity index (χ2n) is 7.43. The molecule has 0 aliphatic heterocycles. The Hall–Kier alpha value is -1.55. The number of hydrogen-bond donors (Lipinski definition) is 2. The maximum atomic E-state index is 11.3. The van der Waals surface area contributed by atoms with Gasteiger partial charge in [0.25, 0.3) is 0 Å². The topological polar surface area (TPSA) is 66.8 Å². The molecule has 0 aromatic heterocycles. The van der Waals surface area contributed by atoms with Gasteiger partial charge in [0.15, 0.2) is 6.10 Å². The summed E-state index contributed by atoms with van der Waals surface area (Å²) in [5.41, 5.74) is 3.03. The average molecular weight is 336 g/mol. The van der Waals surface area contributed by atoms with Crippen molar-refractivity contribution in [2.24, 2.45) is 0 Å². The molecule has 1 unspecified atom stereocenters. The minimum atomic E-state index is -1.01. The minimum absolute atomic E-state index is 0.0887. The highest BCUT2D eigenvalue weighted by Crippen LogP contribution is 2.34. The van der Waals surface area contributed by atoms with Gasteiger partial charge in [-0.3, -0.25) is 0 Å². The lowest BCUT2D eigenvalue weighted by Gasteiger charge is -2.22. The SMILES string of the molecule is CCOC(=O)C(O)CCCCCc1cc(C)c(O)c(C(C)(C)C)c1. The van der Waals surface area contributed by atoms with E-state index in [1.54, 1.807) is 6.92 Å². The molecule has 0 heterocycles. The van der Waals surface area contributed by atoms with Crippen LogP contribution >= 0.6 is 0 Å². The first-order valence-corrected chi connectivity index (χ1v) is 8.84.